The van der Waals surface area contributed by atoms with E-state index in [0.717, 1.165) is 0 Å². The standard InChI is InChI=1S/C12H10FNO2S2/c13-14(17(15)11-7-3-1-4-8-11)18(16)12-9-5-2-6-10-12/h1-10H. The molecule has 2 aromatic carbocycles. The predicted octanol–water partition coefficient (Wildman–Crippen LogP) is 2.62. The molecular formula is C12H10FNO2S2. The van der Waals surface area contributed by atoms with Crippen molar-refractivity contribution in [2.24, 2.45) is 0 Å². The van der Waals surface area contributed by atoms with Crippen molar-refractivity contribution in [1.29, 1.82) is 0 Å². The average Bonchev–Trinajstić information content (AvgIpc) is 2.47. The first-order chi connectivity index (χ1) is 8.70. The summed E-state index contributed by atoms with van der Waals surface area (Å²) in [5, 5.41) is 0. The molecule has 94 valence electrons. The highest BCUT2D eigenvalue weighted by Crippen LogP contribution is 2.24. The summed E-state index contributed by atoms with van der Waals surface area (Å²) >= 11 is -4.18. The second-order valence-corrected chi connectivity index (χ2v) is 6.15. The van der Waals surface area contributed by atoms with Gasteiger partial charge in [-0.2, -0.15) is 0 Å². The molecule has 0 radical (unpaired) electrons. The second kappa shape index (κ2) is 6.21. The Morgan fingerprint density at radius 1 is 0.722 bits per heavy atom. The van der Waals surface area contributed by atoms with E-state index in [9.17, 15) is 13.6 Å². The molecule has 0 saturated heterocycles. The van der Waals surface area contributed by atoms with Crippen LogP contribution in [0.2, 0.25) is 0 Å². The summed E-state index contributed by atoms with van der Waals surface area (Å²) in [6.45, 7) is 0. The number of benzene rings is 2. The van der Waals surface area contributed by atoms with Gasteiger partial charge in [0.15, 0.2) is 32.5 Å². The lowest BCUT2D eigenvalue weighted by atomic mass is 10.4. The predicted molar refractivity (Wildman–Crippen MR) is 68.6 cm³/mol. The van der Waals surface area contributed by atoms with E-state index in [0.29, 0.717) is 0 Å². The highest BCUT2D eigenvalue weighted by atomic mass is 32.3. The van der Waals surface area contributed by atoms with Crippen LogP contribution < -0.4 is 0 Å². The van der Waals surface area contributed by atoms with E-state index in [1.807, 2.05) is 0 Å². The second-order valence-electron chi connectivity index (χ2n) is 3.34. The monoisotopic (exact) mass is 283 g/mol. The average molecular weight is 283 g/mol. The van der Waals surface area contributed by atoms with E-state index in [4.69, 9.17) is 0 Å². The van der Waals surface area contributed by atoms with Crippen molar-refractivity contribution in [3.8, 4) is 0 Å². The number of rotatable bonds is 4. The van der Waals surface area contributed by atoms with Crippen molar-refractivity contribution in [2.45, 2.75) is 9.79 Å². The van der Waals surface area contributed by atoms with Crippen molar-refractivity contribution < 1.29 is 13.6 Å². The van der Waals surface area contributed by atoms with Crippen LogP contribution in [0, 0.1) is 0 Å². The Labute approximate surface area is 111 Å². The third-order valence-corrected chi connectivity index (χ3v) is 4.84. The lowest BCUT2D eigenvalue weighted by Gasteiger charge is -2.15. The summed E-state index contributed by atoms with van der Waals surface area (Å²) in [4.78, 5) is 0.536. The zero-order chi connectivity index (χ0) is 13.0. The lowest BCUT2D eigenvalue weighted by molar-refractivity contribution is 0.250. The van der Waals surface area contributed by atoms with Crippen LogP contribution in [0.15, 0.2) is 70.5 Å². The quantitative estimate of drug-likeness (QED) is 0.640. The first-order valence-electron chi connectivity index (χ1n) is 5.10. The van der Waals surface area contributed by atoms with Gasteiger partial charge in [-0.15, -0.1) is 0 Å². The maximum atomic E-state index is 13.8. The number of hydrogen-bond acceptors (Lipinski definition) is 3. The molecule has 0 amide bonds. The SMILES string of the molecule is [O-][S+](c1ccccc1)N(F)[S+]([O-])c1ccccc1. The fraction of sp³-hybridized carbons (Fsp3) is 0. The maximum absolute atomic E-state index is 13.8. The fourth-order valence-electron chi connectivity index (χ4n) is 1.30. The van der Waals surface area contributed by atoms with Crippen LogP contribution in [0.4, 0.5) is 4.48 Å². The minimum Gasteiger partial charge on any atom is -0.587 e. The Hall–Kier alpha value is -1.05. The molecule has 2 atom stereocenters. The van der Waals surface area contributed by atoms with Crippen LogP contribution >= 0.6 is 0 Å². The van der Waals surface area contributed by atoms with Gasteiger partial charge >= 0.3 is 0 Å². The molecule has 0 heterocycles. The van der Waals surface area contributed by atoms with Crippen LogP contribution in [0.3, 0.4) is 0 Å². The third kappa shape index (κ3) is 3.04. The molecule has 6 heteroatoms. The molecule has 18 heavy (non-hydrogen) atoms. The summed E-state index contributed by atoms with van der Waals surface area (Å²) in [6, 6.07) is 16.1. The summed E-state index contributed by atoms with van der Waals surface area (Å²) in [5.74, 6) is 0. The maximum Gasteiger partial charge on any atom is 0.237 e. The summed E-state index contributed by atoms with van der Waals surface area (Å²) in [6.07, 6.45) is 0. The normalized spacial score (nSPS) is 14.4. The van der Waals surface area contributed by atoms with Crippen LogP contribution in [0.1, 0.15) is 0 Å². The highest BCUT2D eigenvalue weighted by molar-refractivity contribution is 8.03. The largest absolute Gasteiger partial charge is 0.587 e. The molecule has 0 fully saturated rings. The van der Waals surface area contributed by atoms with Gasteiger partial charge in [-0.25, -0.2) is 0 Å². The summed E-state index contributed by atoms with van der Waals surface area (Å²) in [5.41, 5.74) is 0. The van der Waals surface area contributed by atoms with Crippen molar-refractivity contribution >= 4 is 22.7 Å². The van der Waals surface area contributed by atoms with Crippen molar-refractivity contribution in [2.75, 3.05) is 0 Å². The number of halogens is 1. The lowest BCUT2D eigenvalue weighted by Crippen LogP contribution is -2.29. The van der Waals surface area contributed by atoms with E-state index in [1.165, 1.54) is 24.3 Å². The van der Waals surface area contributed by atoms with Gasteiger partial charge in [0, 0.05) is 0 Å². The van der Waals surface area contributed by atoms with E-state index in [1.54, 1.807) is 36.4 Å². The molecule has 0 aliphatic carbocycles. The van der Waals surface area contributed by atoms with E-state index >= 15 is 0 Å². The topological polar surface area (TPSA) is 49.4 Å². The number of hydrogen-bond donors (Lipinski definition) is 0. The molecule has 0 aliphatic rings. The molecule has 0 bridgehead atoms. The fourth-order valence-corrected chi connectivity index (χ4v) is 3.42. The van der Waals surface area contributed by atoms with Gasteiger partial charge in [0.05, 0.1) is 0 Å². The number of nitrogens with zero attached hydrogens (tertiary/aromatic N) is 1. The summed E-state index contributed by atoms with van der Waals surface area (Å²) < 4.78 is 37.3. The minimum atomic E-state index is -2.09. The van der Waals surface area contributed by atoms with Gasteiger partial charge in [-0.05, 0) is 28.7 Å². The Bertz CT molecular complexity index is 440. The Kier molecular flexibility index (Phi) is 4.62. The van der Waals surface area contributed by atoms with Gasteiger partial charge in [0.25, 0.3) is 0 Å². The van der Waals surface area contributed by atoms with Gasteiger partial charge in [-0.1, -0.05) is 36.4 Å². The molecule has 0 aliphatic heterocycles. The molecule has 0 aromatic heterocycles. The van der Waals surface area contributed by atoms with Crippen LogP contribution in [-0.2, 0) is 22.7 Å². The van der Waals surface area contributed by atoms with E-state index in [-0.39, 0.29) is 13.7 Å². The van der Waals surface area contributed by atoms with Gasteiger partial charge in [-0.3, -0.25) is 0 Å². The molecule has 0 saturated carbocycles. The summed E-state index contributed by atoms with van der Waals surface area (Å²) in [7, 11) is 0. The Morgan fingerprint density at radius 3 is 1.39 bits per heavy atom. The van der Waals surface area contributed by atoms with E-state index < -0.39 is 22.7 Å². The van der Waals surface area contributed by atoms with Crippen molar-refractivity contribution in [3.63, 3.8) is 0 Å². The minimum absolute atomic E-state index is 0.148. The smallest absolute Gasteiger partial charge is 0.237 e. The van der Waals surface area contributed by atoms with Crippen molar-refractivity contribution in [3.05, 3.63) is 60.7 Å². The molecular weight excluding hydrogens is 273 g/mol. The molecule has 2 unspecified atom stereocenters. The van der Waals surface area contributed by atoms with Crippen molar-refractivity contribution in [1.82, 2.24) is 3.93 Å². The first kappa shape index (κ1) is 13.4. The van der Waals surface area contributed by atoms with Crippen LogP contribution in [0.25, 0.3) is 0 Å². The van der Waals surface area contributed by atoms with Gasteiger partial charge < -0.3 is 9.11 Å². The van der Waals surface area contributed by atoms with Gasteiger partial charge in [0.1, 0.15) is 0 Å². The molecule has 2 rings (SSSR count). The van der Waals surface area contributed by atoms with Crippen LogP contribution in [-0.4, -0.2) is 13.0 Å². The van der Waals surface area contributed by atoms with Gasteiger partial charge in [0.2, 0.25) is 3.93 Å². The molecule has 3 nitrogen and oxygen atoms in total. The zero-order valence-electron chi connectivity index (χ0n) is 9.23. The highest BCUT2D eigenvalue weighted by Gasteiger charge is 2.36. The molecule has 0 spiro atoms. The third-order valence-electron chi connectivity index (χ3n) is 2.15. The molecule has 0 N–H and O–H groups in total. The van der Waals surface area contributed by atoms with Crippen LogP contribution in [0.5, 0.6) is 0 Å². The van der Waals surface area contributed by atoms with E-state index in [2.05, 4.69) is 0 Å². The Balaban J connectivity index is 2.14. The first-order valence-corrected chi connectivity index (χ1v) is 7.31. The Morgan fingerprint density at radius 2 is 1.06 bits per heavy atom. The zero-order valence-corrected chi connectivity index (χ0v) is 10.9. The molecule has 2 aromatic rings.